The van der Waals surface area contributed by atoms with Gasteiger partial charge in [0.1, 0.15) is 10.7 Å². The number of hydrogen-bond donors (Lipinski definition) is 2. The van der Waals surface area contributed by atoms with Gasteiger partial charge in [0.2, 0.25) is 0 Å². The summed E-state index contributed by atoms with van der Waals surface area (Å²) >= 11 is 1.33. The summed E-state index contributed by atoms with van der Waals surface area (Å²) in [4.78, 5) is 12.9. The van der Waals surface area contributed by atoms with E-state index in [9.17, 15) is 0 Å². The number of aryl methyl sites for hydroxylation is 2. The Labute approximate surface area is 114 Å². The number of nitrogens with two attached hydrogens (primary N) is 1. The fourth-order valence-electron chi connectivity index (χ4n) is 1.50. The van der Waals surface area contributed by atoms with Crippen molar-refractivity contribution in [2.45, 2.75) is 24.0 Å². The number of oxime groups is 1. The van der Waals surface area contributed by atoms with Crippen LogP contribution in [-0.4, -0.2) is 26.0 Å². The number of rotatable bonds is 3. The lowest BCUT2D eigenvalue weighted by Crippen LogP contribution is -2.14. The first-order valence-corrected chi connectivity index (χ1v) is 6.35. The zero-order chi connectivity index (χ0) is 13.8. The van der Waals surface area contributed by atoms with Gasteiger partial charge in [-0.2, -0.15) is 0 Å². The molecule has 0 saturated heterocycles. The van der Waals surface area contributed by atoms with E-state index in [-0.39, 0.29) is 5.84 Å². The van der Waals surface area contributed by atoms with Crippen LogP contribution in [0.5, 0.6) is 0 Å². The molecular formula is C12H13N5OS. The summed E-state index contributed by atoms with van der Waals surface area (Å²) in [6.45, 7) is 3.83. The average Bonchev–Trinajstić information content (AvgIpc) is 2.37. The van der Waals surface area contributed by atoms with Crippen molar-refractivity contribution in [1.82, 2.24) is 15.0 Å². The second-order valence-electron chi connectivity index (χ2n) is 3.88. The molecular weight excluding hydrogens is 262 g/mol. The van der Waals surface area contributed by atoms with Gasteiger partial charge >= 0.3 is 0 Å². The molecule has 2 aromatic rings. The minimum absolute atomic E-state index is 0.0243. The quantitative estimate of drug-likeness (QED) is 0.291. The first-order chi connectivity index (χ1) is 9.08. The summed E-state index contributed by atoms with van der Waals surface area (Å²) in [5.74, 6) is -0.0243. The second kappa shape index (κ2) is 5.66. The van der Waals surface area contributed by atoms with Crippen molar-refractivity contribution in [2.24, 2.45) is 10.9 Å². The van der Waals surface area contributed by atoms with Gasteiger partial charge in [0.15, 0.2) is 11.0 Å². The predicted octanol–water partition coefficient (Wildman–Crippen LogP) is 1.73. The smallest absolute Gasteiger partial charge is 0.194 e. The van der Waals surface area contributed by atoms with Crippen molar-refractivity contribution in [1.29, 1.82) is 0 Å². The van der Waals surface area contributed by atoms with Crippen LogP contribution in [0.4, 0.5) is 0 Å². The molecule has 2 rings (SSSR count). The highest BCUT2D eigenvalue weighted by Crippen LogP contribution is 2.23. The SMILES string of the molecule is Cc1cc(C)nc(Sc2cccc(C(N)=NO)n2)n1. The second-order valence-corrected chi connectivity index (χ2v) is 4.87. The first-order valence-electron chi connectivity index (χ1n) is 5.53. The highest BCUT2D eigenvalue weighted by molar-refractivity contribution is 7.99. The molecule has 0 unspecified atom stereocenters. The Morgan fingerprint density at radius 1 is 1.21 bits per heavy atom. The normalized spacial score (nSPS) is 11.6. The van der Waals surface area contributed by atoms with Crippen LogP contribution < -0.4 is 5.73 Å². The Hall–Kier alpha value is -2.15. The van der Waals surface area contributed by atoms with Crippen LogP contribution in [0.25, 0.3) is 0 Å². The largest absolute Gasteiger partial charge is 0.409 e. The van der Waals surface area contributed by atoms with Crippen molar-refractivity contribution in [2.75, 3.05) is 0 Å². The van der Waals surface area contributed by atoms with Crippen LogP contribution in [0.15, 0.2) is 39.6 Å². The molecule has 19 heavy (non-hydrogen) atoms. The van der Waals surface area contributed by atoms with Crippen molar-refractivity contribution in [3.05, 3.63) is 41.3 Å². The van der Waals surface area contributed by atoms with E-state index < -0.39 is 0 Å². The van der Waals surface area contributed by atoms with Gasteiger partial charge in [0, 0.05) is 11.4 Å². The maximum Gasteiger partial charge on any atom is 0.194 e. The van der Waals surface area contributed by atoms with Gasteiger partial charge in [0.05, 0.1) is 0 Å². The molecule has 0 bridgehead atoms. The average molecular weight is 275 g/mol. The van der Waals surface area contributed by atoms with Crippen LogP contribution in [0.1, 0.15) is 17.1 Å². The van der Waals surface area contributed by atoms with E-state index in [2.05, 4.69) is 20.1 Å². The van der Waals surface area contributed by atoms with Crippen LogP contribution in [0.2, 0.25) is 0 Å². The van der Waals surface area contributed by atoms with E-state index in [1.54, 1.807) is 12.1 Å². The summed E-state index contributed by atoms with van der Waals surface area (Å²) in [5.41, 5.74) is 7.73. The molecule has 0 radical (unpaired) electrons. The van der Waals surface area contributed by atoms with E-state index >= 15 is 0 Å². The maximum absolute atomic E-state index is 8.63. The third kappa shape index (κ3) is 3.41. The van der Waals surface area contributed by atoms with Crippen LogP contribution in [-0.2, 0) is 0 Å². The maximum atomic E-state index is 8.63. The summed E-state index contributed by atoms with van der Waals surface area (Å²) in [5, 5.41) is 12.9. The Bertz CT molecular complexity index is 609. The molecule has 3 N–H and O–H groups in total. The number of pyridine rings is 1. The fraction of sp³-hybridized carbons (Fsp3) is 0.167. The number of nitrogens with zero attached hydrogens (tertiary/aromatic N) is 4. The Balaban J connectivity index is 2.28. The first kappa shape index (κ1) is 13.3. The summed E-state index contributed by atoms with van der Waals surface area (Å²) in [6.07, 6.45) is 0. The van der Waals surface area contributed by atoms with Gasteiger partial charge in [-0.25, -0.2) is 15.0 Å². The zero-order valence-electron chi connectivity index (χ0n) is 10.5. The van der Waals surface area contributed by atoms with Crippen molar-refractivity contribution in [3.63, 3.8) is 0 Å². The molecule has 0 aliphatic rings. The predicted molar refractivity (Wildman–Crippen MR) is 72.4 cm³/mol. The molecule has 0 fully saturated rings. The molecule has 0 spiro atoms. The topological polar surface area (TPSA) is 97.3 Å². The van der Waals surface area contributed by atoms with Gasteiger partial charge in [-0.1, -0.05) is 11.2 Å². The molecule has 2 heterocycles. The Morgan fingerprint density at radius 3 is 2.53 bits per heavy atom. The Kier molecular flexibility index (Phi) is 3.96. The fourth-order valence-corrected chi connectivity index (χ4v) is 2.36. The highest BCUT2D eigenvalue weighted by Gasteiger charge is 2.06. The number of amidine groups is 1. The standard InChI is InChI=1S/C12H13N5OS/c1-7-6-8(2)15-12(14-7)19-10-5-3-4-9(16-10)11(13)17-18/h3-6,18H,1-2H3,(H2,13,17). The minimum atomic E-state index is -0.0243. The van der Waals surface area contributed by atoms with Crippen molar-refractivity contribution >= 4 is 17.6 Å². The van der Waals surface area contributed by atoms with Gasteiger partial charge in [-0.05, 0) is 43.8 Å². The van der Waals surface area contributed by atoms with Crippen LogP contribution in [0.3, 0.4) is 0 Å². The van der Waals surface area contributed by atoms with Crippen molar-refractivity contribution < 1.29 is 5.21 Å². The molecule has 0 saturated carbocycles. The molecule has 7 heteroatoms. The third-order valence-corrected chi connectivity index (χ3v) is 3.05. The van der Waals surface area contributed by atoms with E-state index in [0.717, 1.165) is 11.4 Å². The Morgan fingerprint density at radius 2 is 1.89 bits per heavy atom. The number of hydrogen-bond acceptors (Lipinski definition) is 6. The van der Waals surface area contributed by atoms with Gasteiger partial charge < -0.3 is 10.9 Å². The molecule has 0 aliphatic carbocycles. The van der Waals surface area contributed by atoms with E-state index in [4.69, 9.17) is 10.9 Å². The minimum Gasteiger partial charge on any atom is -0.409 e. The molecule has 0 atom stereocenters. The van der Waals surface area contributed by atoms with E-state index in [1.165, 1.54) is 11.8 Å². The van der Waals surface area contributed by atoms with Gasteiger partial charge in [0.25, 0.3) is 0 Å². The summed E-state index contributed by atoms with van der Waals surface area (Å²) < 4.78 is 0. The highest BCUT2D eigenvalue weighted by atomic mass is 32.2. The zero-order valence-corrected chi connectivity index (χ0v) is 11.3. The van der Waals surface area contributed by atoms with E-state index in [1.807, 2.05) is 26.0 Å². The lowest BCUT2D eigenvalue weighted by atomic mass is 10.3. The molecule has 98 valence electrons. The lowest BCUT2D eigenvalue weighted by Gasteiger charge is -2.04. The monoisotopic (exact) mass is 275 g/mol. The van der Waals surface area contributed by atoms with Crippen molar-refractivity contribution in [3.8, 4) is 0 Å². The molecule has 6 nitrogen and oxygen atoms in total. The molecule has 0 aliphatic heterocycles. The van der Waals surface area contributed by atoms with Crippen LogP contribution >= 0.6 is 11.8 Å². The summed E-state index contributed by atoms with van der Waals surface area (Å²) in [7, 11) is 0. The molecule has 0 amide bonds. The lowest BCUT2D eigenvalue weighted by molar-refractivity contribution is 0.318. The summed E-state index contributed by atoms with van der Waals surface area (Å²) in [6, 6.07) is 7.18. The molecule has 2 aromatic heterocycles. The third-order valence-electron chi connectivity index (χ3n) is 2.25. The molecule has 0 aromatic carbocycles. The van der Waals surface area contributed by atoms with Crippen LogP contribution in [0, 0.1) is 13.8 Å². The van der Waals surface area contributed by atoms with Gasteiger partial charge in [-0.3, -0.25) is 0 Å². The van der Waals surface area contributed by atoms with E-state index in [0.29, 0.717) is 15.9 Å². The number of aromatic nitrogens is 3. The van der Waals surface area contributed by atoms with Gasteiger partial charge in [-0.15, -0.1) is 0 Å².